The third-order valence-electron chi connectivity index (χ3n) is 3.10. The average molecular weight is 291 g/mol. The van der Waals surface area contributed by atoms with Crippen molar-refractivity contribution in [3.63, 3.8) is 0 Å². The molecular formula is C16H19ClN2O. The zero-order valence-electron chi connectivity index (χ0n) is 11.9. The Morgan fingerprint density at radius 1 is 1.15 bits per heavy atom. The molecule has 0 saturated heterocycles. The standard InChI is InChI=1S/C16H19ClN2O/c1-3-14-18-15(17)12(2)16(19-14)20-11-7-10-13-8-5-4-6-9-13/h4-6,8-9H,3,7,10-11H2,1-2H3. The lowest BCUT2D eigenvalue weighted by Gasteiger charge is -2.10. The van der Waals surface area contributed by atoms with Gasteiger partial charge in [0.1, 0.15) is 11.0 Å². The molecule has 1 heterocycles. The predicted molar refractivity (Wildman–Crippen MR) is 81.4 cm³/mol. The molecule has 0 aliphatic rings. The highest BCUT2D eigenvalue weighted by molar-refractivity contribution is 6.30. The van der Waals surface area contributed by atoms with E-state index < -0.39 is 0 Å². The summed E-state index contributed by atoms with van der Waals surface area (Å²) >= 11 is 6.08. The largest absolute Gasteiger partial charge is 0.477 e. The quantitative estimate of drug-likeness (QED) is 0.595. The minimum Gasteiger partial charge on any atom is -0.477 e. The summed E-state index contributed by atoms with van der Waals surface area (Å²) in [5.41, 5.74) is 2.13. The third-order valence-corrected chi connectivity index (χ3v) is 3.46. The van der Waals surface area contributed by atoms with Crippen molar-refractivity contribution in [1.82, 2.24) is 9.97 Å². The van der Waals surface area contributed by atoms with Gasteiger partial charge in [0.15, 0.2) is 0 Å². The number of hydrogen-bond acceptors (Lipinski definition) is 3. The molecule has 0 aliphatic carbocycles. The highest BCUT2D eigenvalue weighted by Gasteiger charge is 2.09. The number of ether oxygens (including phenoxy) is 1. The highest BCUT2D eigenvalue weighted by Crippen LogP contribution is 2.22. The second-order valence-corrected chi connectivity index (χ2v) is 5.01. The lowest BCUT2D eigenvalue weighted by molar-refractivity contribution is 0.295. The van der Waals surface area contributed by atoms with Gasteiger partial charge in [-0.2, -0.15) is 4.98 Å². The van der Waals surface area contributed by atoms with Crippen molar-refractivity contribution in [3.05, 3.63) is 52.4 Å². The zero-order valence-corrected chi connectivity index (χ0v) is 12.7. The second kappa shape index (κ2) is 7.25. The van der Waals surface area contributed by atoms with Crippen molar-refractivity contribution in [1.29, 1.82) is 0 Å². The summed E-state index contributed by atoms with van der Waals surface area (Å²) in [5.74, 6) is 1.33. The van der Waals surface area contributed by atoms with Crippen molar-refractivity contribution in [2.24, 2.45) is 0 Å². The van der Waals surface area contributed by atoms with E-state index in [-0.39, 0.29) is 0 Å². The molecule has 0 unspecified atom stereocenters. The molecule has 0 N–H and O–H groups in total. The molecule has 0 spiro atoms. The maximum Gasteiger partial charge on any atom is 0.221 e. The summed E-state index contributed by atoms with van der Waals surface area (Å²) < 4.78 is 5.75. The van der Waals surface area contributed by atoms with Gasteiger partial charge in [0, 0.05) is 12.0 Å². The molecule has 0 fully saturated rings. The van der Waals surface area contributed by atoms with Crippen LogP contribution < -0.4 is 4.74 Å². The van der Waals surface area contributed by atoms with Crippen LogP contribution in [0, 0.1) is 6.92 Å². The molecule has 2 aromatic rings. The van der Waals surface area contributed by atoms with Gasteiger partial charge in [-0.25, -0.2) is 4.98 Å². The first-order chi connectivity index (χ1) is 9.70. The van der Waals surface area contributed by atoms with Gasteiger partial charge in [0.05, 0.1) is 6.61 Å². The van der Waals surface area contributed by atoms with E-state index in [1.54, 1.807) is 0 Å². The zero-order chi connectivity index (χ0) is 14.4. The topological polar surface area (TPSA) is 35.0 Å². The molecule has 0 aliphatic heterocycles. The SMILES string of the molecule is CCc1nc(Cl)c(C)c(OCCCc2ccccc2)n1. The average Bonchev–Trinajstić information content (AvgIpc) is 2.48. The van der Waals surface area contributed by atoms with Crippen LogP contribution in [0.25, 0.3) is 0 Å². The summed E-state index contributed by atoms with van der Waals surface area (Å²) in [5, 5.41) is 0.481. The van der Waals surface area contributed by atoms with Crippen LogP contribution >= 0.6 is 11.6 Å². The van der Waals surface area contributed by atoms with Crippen LogP contribution in [0.15, 0.2) is 30.3 Å². The molecule has 1 aromatic carbocycles. The van der Waals surface area contributed by atoms with Crippen LogP contribution in [0.4, 0.5) is 0 Å². The monoisotopic (exact) mass is 290 g/mol. The normalized spacial score (nSPS) is 10.6. The van der Waals surface area contributed by atoms with E-state index in [1.807, 2.05) is 19.9 Å². The molecular weight excluding hydrogens is 272 g/mol. The van der Waals surface area contributed by atoms with Crippen LogP contribution in [0.3, 0.4) is 0 Å². The Balaban J connectivity index is 1.89. The maximum atomic E-state index is 6.08. The Morgan fingerprint density at radius 3 is 2.60 bits per heavy atom. The van der Waals surface area contributed by atoms with Crippen LogP contribution in [0.5, 0.6) is 5.88 Å². The van der Waals surface area contributed by atoms with Gasteiger partial charge in [0.25, 0.3) is 0 Å². The predicted octanol–water partition coefficient (Wildman–Crippen LogP) is 4.01. The minimum atomic E-state index is 0.481. The Labute approximate surface area is 125 Å². The van der Waals surface area contributed by atoms with Crippen LogP contribution in [0.1, 0.15) is 30.3 Å². The number of halogens is 1. The second-order valence-electron chi connectivity index (χ2n) is 4.65. The number of hydrogen-bond donors (Lipinski definition) is 0. The van der Waals surface area contributed by atoms with Crippen molar-refractivity contribution < 1.29 is 4.74 Å². The molecule has 3 nitrogen and oxygen atoms in total. The van der Waals surface area contributed by atoms with Gasteiger partial charge >= 0.3 is 0 Å². The maximum absolute atomic E-state index is 6.08. The van der Waals surface area contributed by atoms with Crippen LogP contribution in [-0.4, -0.2) is 16.6 Å². The molecule has 0 saturated carbocycles. The Bertz CT molecular complexity index is 558. The van der Waals surface area contributed by atoms with Gasteiger partial charge in [0.2, 0.25) is 5.88 Å². The molecule has 0 radical (unpaired) electrons. The molecule has 106 valence electrons. The van der Waals surface area contributed by atoms with E-state index in [4.69, 9.17) is 16.3 Å². The Kier molecular flexibility index (Phi) is 5.36. The summed E-state index contributed by atoms with van der Waals surface area (Å²) in [4.78, 5) is 8.58. The van der Waals surface area contributed by atoms with Crippen molar-refractivity contribution in [3.8, 4) is 5.88 Å². The van der Waals surface area contributed by atoms with E-state index in [0.29, 0.717) is 17.6 Å². The molecule has 1 aromatic heterocycles. The highest BCUT2D eigenvalue weighted by atomic mass is 35.5. The molecule has 0 bridgehead atoms. The third kappa shape index (κ3) is 3.94. The van der Waals surface area contributed by atoms with Crippen molar-refractivity contribution in [2.45, 2.75) is 33.1 Å². The van der Waals surface area contributed by atoms with Gasteiger partial charge in [-0.15, -0.1) is 0 Å². The van der Waals surface area contributed by atoms with Crippen LogP contribution in [-0.2, 0) is 12.8 Å². The van der Waals surface area contributed by atoms with Gasteiger partial charge < -0.3 is 4.74 Å². The smallest absolute Gasteiger partial charge is 0.221 e. The van der Waals surface area contributed by atoms with Gasteiger partial charge in [-0.1, -0.05) is 48.9 Å². The molecule has 20 heavy (non-hydrogen) atoms. The van der Waals surface area contributed by atoms with Crippen LogP contribution in [0.2, 0.25) is 5.15 Å². The summed E-state index contributed by atoms with van der Waals surface area (Å²) in [6, 6.07) is 10.4. The number of benzene rings is 1. The number of aromatic nitrogens is 2. The lowest BCUT2D eigenvalue weighted by atomic mass is 10.1. The molecule has 4 heteroatoms. The Morgan fingerprint density at radius 2 is 1.90 bits per heavy atom. The van der Waals surface area contributed by atoms with E-state index in [2.05, 4.69) is 34.2 Å². The van der Waals surface area contributed by atoms with Gasteiger partial charge in [-0.3, -0.25) is 0 Å². The molecule has 0 atom stereocenters. The fourth-order valence-corrected chi connectivity index (χ4v) is 2.08. The summed E-state index contributed by atoms with van der Waals surface area (Å²) in [6.45, 7) is 4.51. The number of nitrogens with zero attached hydrogens (tertiary/aromatic N) is 2. The Hall–Kier alpha value is -1.61. The number of aryl methyl sites for hydroxylation is 2. The fraction of sp³-hybridized carbons (Fsp3) is 0.375. The molecule has 2 rings (SSSR count). The lowest BCUT2D eigenvalue weighted by Crippen LogP contribution is -2.05. The first-order valence-corrected chi connectivity index (χ1v) is 7.28. The first-order valence-electron chi connectivity index (χ1n) is 6.90. The van der Waals surface area contributed by atoms with Gasteiger partial charge in [-0.05, 0) is 25.3 Å². The van der Waals surface area contributed by atoms with E-state index in [9.17, 15) is 0 Å². The summed E-state index contributed by atoms with van der Waals surface area (Å²) in [6.07, 6.45) is 2.70. The minimum absolute atomic E-state index is 0.481. The molecule has 0 amide bonds. The van der Waals surface area contributed by atoms with E-state index in [0.717, 1.165) is 30.7 Å². The van der Waals surface area contributed by atoms with E-state index >= 15 is 0 Å². The fourth-order valence-electron chi connectivity index (χ4n) is 1.90. The number of rotatable bonds is 6. The van der Waals surface area contributed by atoms with Crippen molar-refractivity contribution in [2.75, 3.05) is 6.61 Å². The summed E-state index contributed by atoms with van der Waals surface area (Å²) in [7, 11) is 0. The van der Waals surface area contributed by atoms with E-state index in [1.165, 1.54) is 5.56 Å². The van der Waals surface area contributed by atoms with Crippen molar-refractivity contribution >= 4 is 11.6 Å². The first kappa shape index (κ1) is 14.8.